The Morgan fingerprint density at radius 2 is 1.45 bits per heavy atom. The maximum Gasteiger partial charge on any atom is 0.242 e. The first kappa shape index (κ1) is 13.1. The van der Waals surface area contributed by atoms with Crippen molar-refractivity contribution in [2.75, 3.05) is 13.1 Å². The van der Waals surface area contributed by atoms with Crippen molar-refractivity contribution in [3.63, 3.8) is 0 Å². The predicted molar refractivity (Wildman–Crippen MR) is 86.9 cm³/mol. The van der Waals surface area contributed by atoms with Crippen LogP contribution in [0.1, 0.15) is 6.42 Å². The van der Waals surface area contributed by atoms with Crippen LogP contribution in [-0.4, -0.2) is 28.5 Å². The Bertz CT molecular complexity index is 879. The minimum atomic E-state index is 0.0267. The second kappa shape index (κ2) is 4.98. The second-order valence-electron chi connectivity index (χ2n) is 5.68. The van der Waals surface area contributed by atoms with Gasteiger partial charge in [0.2, 0.25) is 5.91 Å². The van der Waals surface area contributed by atoms with Crippen molar-refractivity contribution in [2.24, 2.45) is 0 Å². The lowest BCUT2D eigenvalue weighted by Crippen LogP contribution is -2.43. The molecule has 1 aliphatic rings. The van der Waals surface area contributed by atoms with Crippen molar-refractivity contribution in [2.45, 2.75) is 13.0 Å². The van der Waals surface area contributed by atoms with Crippen LogP contribution in [-0.2, 0) is 11.3 Å². The van der Waals surface area contributed by atoms with Crippen molar-refractivity contribution in [1.82, 2.24) is 9.47 Å². The van der Waals surface area contributed by atoms with Gasteiger partial charge in [-0.3, -0.25) is 9.59 Å². The van der Waals surface area contributed by atoms with Crippen molar-refractivity contribution in [3.8, 4) is 0 Å². The van der Waals surface area contributed by atoms with E-state index >= 15 is 0 Å². The van der Waals surface area contributed by atoms with E-state index in [2.05, 4.69) is 0 Å². The average molecular weight is 292 g/mol. The summed E-state index contributed by atoms with van der Waals surface area (Å²) >= 11 is 0. The zero-order valence-corrected chi connectivity index (χ0v) is 12.2. The van der Waals surface area contributed by atoms with E-state index in [1.807, 2.05) is 58.0 Å². The van der Waals surface area contributed by atoms with Crippen LogP contribution >= 0.6 is 0 Å². The highest BCUT2D eigenvalue weighted by Crippen LogP contribution is 2.20. The molecule has 4 nitrogen and oxygen atoms in total. The molecule has 0 radical (unpaired) electrons. The summed E-state index contributed by atoms with van der Waals surface area (Å²) in [5.74, 6) is 0.116. The molecule has 1 saturated heterocycles. The molecule has 0 unspecified atom stereocenters. The van der Waals surface area contributed by atoms with Crippen LogP contribution in [0.4, 0.5) is 0 Å². The van der Waals surface area contributed by atoms with Gasteiger partial charge in [-0.15, -0.1) is 0 Å². The largest absolute Gasteiger partial charge is 0.341 e. The number of pyridine rings is 1. The minimum absolute atomic E-state index is 0.0267. The SMILES string of the molecule is O=C(Cn1c2ccccc2c(=O)c2ccccc21)N1CCC1. The molecule has 110 valence electrons. The van der Waals surface area contributed by atoms with E-state index in [0.29, 0.717) is 10.8 Å². The standard InChI is InChI=1S/C18H16N2O2/c21-17(19-10-5-11-19)12-20-15-8-3-1-6-13(15)18(22)14-7-2-4-9-16(14)20/h1-4,6-9H,5,10-12H2. The summed E-state index contributed by atoms with van der Waals surface area (Å²) in [6, 6.07) is 15.0. The fourth-order valence-electron chi connectivity index (χ4n) is 3.05. The number of carbonyl (C=O) groups is 1. The van der Waals surface area contributed by atoms with E-state index in [4.69, 9.17) is 0 Å². The van der Waals surface area contributed by atoms with E-state index in [-0.39, 0.29) is 17.9 Å². The Labute approximate surface area is 127 Å². The van der Waals surface area contributed by atoms with Gasteiger partial charge in [0.05, 0.1) is 11.0 Å². The molecule has 0 saturated carbocycles. The molecule has 0 bridgehead atoms. The molecular weight excluding hydrogens is 276 g/mol. The summed E-state index contributed by atoms with van der Waals surface area (Å²) in [6.45, 7) is 1.96. The van der Waals surface area contributed by atoms with Crippen molar-refractivity contribution >= 4 is 27.7 Å². The van der Waals surface area contributed by atoms with Gasteiger partial charge < -0.3 is 9.47 Å². The molecule has 4 heteroatoms. The van der Waals surface area contributed by atoms with Gasteiger partial charge in [-0.25, -0.2) is 0 Å². The van der Waals surface area contributed by atoms with Crippen LogP contribution < -0.4 is 5.43 Å². The Hall–Kier alpha value is -2.62. The zero-order valence-electron chi connectivity index (χ0n) is 12.2. The molecule has 1 aromatic heterocycles. The molecular formula is C18H16N2O2. The molecule has 3 aromatic rings. The number of fused-ring (bicyclic) bond motifs is 2. The molecule has 0 spiro atoms. The summed E-state index contributed by atoms with van der Waals surface area (Å²) in [5, 5.41) is 1.33. The molecule has 1 aliphatic heterocycles. The quantitative estimate of drug-likeness (QED) is 0.681. The number of hydrogen-bond donors (Lipinski definition) is 0. The van der Waals surface area contributed by atoms with Crippen LogP contribution in [0.25, 0.3) is 21.8 Å². The number of amides is 1. The first-order chi connectivity index (χ1) is 10.8. The number of benzene rings is 2. The van der Waals surface area contributed by atoms with Gasteiger partial charge in [0.25, 0.3) is 0 Å². The smallest absolute Gasteiger partial charge is 0.242 e. The van der Waals surface area contributed by atoms with Gasteiger partial charge >= 0.3 is 0 Å². The molecule has 22 heavy (non-hydrogen) atoms. The van der Waals surface area contributed by atoms with E-state index in [9.17, 15) is 9.59 Å². The molecule has 1 fully saturated rings. The fraction of sp³-hybridized carbons (Fsp3) is 0.222. The number of aromatic nitrogens is 1. The second-order valence-corrected chi connectivity index (χ2v) is 5.68. The normalized spacial score (nSPS) is 14.3. The highest BCUT2D eigenvalue weighted by atomic mass is 16.2. The number of rotatable bonds is 2. The summed E-state index contributed by atoms with van der Waals surface area (Å²) in [7, 11) is 0. The Morgan fingerprint density at radius 1 is 0.909 bits per heavy atom. The van der Waals surface area contributed by atoms with E-state index in [1.165, 1.54) is 0 Å². The number of likely N-dealkylation sites (tertiary alicyclic amines) is 1. The molecule has 4 rings (SSSR count). The fourth-order valence-corrected chi connectivity index (χ4v) is 3.05. The summed E-state index contributed by atoms with van der Waals surface area (Å²) < 4.78 is 1.96. The van der Waals surface area contributed by atoms with Crippen LogP contribution in [0.3, 0.4) is 0 Å². The van der Waals surface area contributed by atoms with Gasteiger partial charge in [-0.1, -0.05) is 24.3 Å². The molecule has 0 atom stereocenters. The monoisotopic (exact) mass is 292 g/mol. The Morgan fingerprint density at radius 3 is 1.95 bits per heavy atom. The summed E-state index contributed by atoms with van der Waals surface area (Å²) in [6.07, 6.45) is 1.08. The third kappa shape index (κ3) is 1.91. The topological polar surface area (TPSA) is 42.3 Å². The predicted octanol–water partition coefficient (Wildman–Crippen LogP) is 2.39. The van der Waals surface area contributed by atoms with Crippen LogP contribution in [0.5, 0.6) is 0 Å². The number of nitrogens with zero attached hydrogens (tertiary/aromatic N) is 2. The molecule has 1 amide bonds. The first-order valence-electron chi connectivity index (χ1n) is 7.54. The lowest BCUT2D eigenvalue weighted by Gasteiger charge is -2.31. The highest BCUT2D eigenvalue weighted by Gasteiger charge is 2.21. The Kier molecular flexibility index (Phi) is 2.96. The van der Waals surface area contributed by atoms with Crippen LogP contribution in [0.2, 0.25) is 0 Å². The van der Waals surface area contributed by atoms with E-state index in [1.54, 1.807) is 0 Å². The summed E-state index contributed by atoms with van der Waals surface area (Å²) in [5.41, 5.74) is 1.67. The zero-order chi connectivity index (χ0) is 15.1. The maximum atomic E-state index is 12.6. The molecule has 2 heterocycles. The van der Waals surface area contributed by atoms with Crippen molar-refractivity contribution < 1.29 is 4.79 Å². The van der Waals surface area contributed by atoms with Crippen molar-refractivity contribution in [3.05, 3.63) is 58.8 Å². The van der Waals surface area contributed by atoms with E-state index < -0.39 is 0 Å². The Balaban J connectivity index is 1.98. The number of carbonyl (C=O) groups excluding carboxylic acids is 1. The van der Waals surface area contributed by atoms with Gasteiger partial charge in [-0.2, -0.15) is 0 Å². The lowest BCUT2D eigenvalue weighted by molar-refractivity contribution is -0.135. The molecule has 0 N–H and O–H groups in total. The van der Waals surface area contributed by atoms with Gasteiger partial charge in [0, 0.05) is 23.9 Å². The number of para-hydroxylation sites is 2. The molecule has 2 aromatic carbocycles. The minimum Gasteiger partial charge on any atom is -0.341 e. The highest BCUT2D eigenvalue weighted by molar-refractivity contribution is 5.94. The van der Waals surface area contributed by atoms with Gasteiger partial charge in [0.15, 0.2) is 5.43 Å². The molecule has 0 aliphatic carbocycles. The van der Waals surface area contributed by atoms with Crippen molar-refractivity contribution in [1.29, 1.82) is 0 Å². The third-order valence-electron chi connectivity index (χ3n) is 4.38. The summed E-state index contributed by atoms with van der Waals surface area (Å²) in [4.78, 5) is 26.9. The third-order valence-corrected chi connectivity index (χ3v) is 4.38. The first-order valence-corrected chi connectivity index (χ1v) is 7.54. The van der Waals surface area contributed by atoms with E-state index in [0.717, 1.165) is 30.5 Å². The van der Waals surface area contributed by atoms with Gasteiger partial charge in [-0.05, 0) is 30.7 Å². The van der Waals surface area contributed by atoms with Crippen LogP contribution in [0, 0.1) is 0 Å². The van der Waals surface area contributed by atoms with Gasteiger partial charge in [0.1, 0.15) is 6.54 Å². The van der Waals surface area contributed by atoms with Crippen LogP contribution in [0.15, 0.2) is 53.3 Å². The number of hydrogen-bond acceptors (Lipinski definition) is 2. The lowest BCUT2D eigenvalue weighted by atomic mass is 10.1. The average Bonchev–Trinajstić information content (AvgIpc) is 2.50. The maximum absolute atomic E-state index is 12.6.